The zero-order chi connectivity index (χ0) is 11.8. The first kappa shape index (κ1) is 12.5. The van der Waals surface area contributed by atoms with Gasteiger partial charge in [0, 0.05) is 23.2 Å². The van der Waals surface area contributed by atoms with E-state index in [1.54, 1.807) is 6.08 Å². The van der Waals surface area contributed by atoms with Gasteiger partial charge < -0.3 is 5.32 Å². The first-order valence-electron chi connectivity index (χ1n) is 5.64. The van der Waals surface area contributed by atoms with Gasteiger partial charge in [0.25, 0.3) is 0 Å². The molecule has 1 saturated heterocycles. The van der Waals surface area contributed by atoms with Crippen molar-refractivity contribution in [2.75, 3.05) is 17.3 Å². The molecule has 2 aliphatic heterocycles. The molecule has 3 nitrogen and oxygen atoms in total. The summed E-state index contributed by atoms with van der Waals surface area (Å²) < 4.78 is 22.6. The van der Waals surface area contributed by atoms with E-state index in [2.05, 4.69) is 19.2 Å². The van der Waals surface area contributed by atoms with E-state index in [1.165, 1.54) is 17.6 Å². The Morgan fingerprint density at radius 2 is 2.19 bits per heavy atom. The van der Waals surface area contributed by atoms with Gasteiger partial charge in [0.1, 0.15) is 0 Å². The third kappa shape index (κ3) is 2.81. The zero-order valence-corrected chi connectivity index (χ0v) is 11.4. The summed E-state index contributed by atoms with van der Waals surface area (Å²) in [4.78, 5) is 0. The molecule has 1 fully saturated rings. The summed E-state index contributed by atoms with van der Waals surface area (Å²) in [6, 6.07) is 0.419. The van der Waals surface area contributed by atoms with Gasteiger partial charge in [-0.25, -0.2) is 8.42 Å². The van der Waals surface area contributed by atoms with E-state index in [9.17, 15) is 8.42 Å². The fourth-order valence-corrected chi connectivity index (χ4v) is 5.02. The molecule has 0 amide bonds. The van der Waals surface area contributed by atoms with E-state index in [4.69, 9.17) is 0 Å². The lowest BCUT2D eigenvalue weighted by Gasteiger charge is -2.40. The van der Waals surface area contributed by atoms with Crippen LogP contribution in [0.25, 0.3) is 0 Å². The molecular weight excluding hydrogens is 242 g/mol. The standard InChI is InChI=1S/C11H19NO2S2/c1-11(2)4-5-15-7-10(11)12-9-3-6-16(13,14)8-9/h3,6,9-10,12H,4-5,7-8H2,1-2H3. The highest BCUT2D eigenvalue weighted by atomic mass is 32.2. The van der Waals surface area contributed by atoms with Crippen LogP contribution in [-0.4, -0.2) is 37.8 Å². The van der Waals surface area contributed by atoms with Crippen LogP contribution >= 0.6 is 11.8 Å². The van der Waals surface area contributed by atoms with Crippen LogP contribution in [0.1, 0.15) is 20.3 Å². The highest BCUT2D eigenvalue weighted by Crippen LogP contribution is 2.34. The highest BCUT2D eigenvalue weighted by Gasteiger charge is 2.35. The first-order chi connectivity index (χ1) is 7.39. The maximum atomic E-state index is 11.3. The number of nitrogens with one attached hydrogen (secondary N) is 1. The van der Waals surface area contributed by atoms with Crippen molar-refractivity contribution in [1.29, 1.82) is 0 Å². The maximum Gasteiger partial charge on any atom is 0.173 e. The second-order valence-electron chi connectivity index (χ2n) is 5.30. The Balaban J connectivity index is 1.97. The van der Waals surface area contributed by atoms with Crippen LogP contribution in [0.5, 0.6) is 0 Å². The van der Waals surface area contributed by atoms with Gasteiger partial charge in [-0.05, 0) is 17.6 Å². The summed E-state index contributed by atoms with van der Waals surface area (Å²) in [7, 11) is -2.93. The molecule has 2 rings (SSSR count). The minimum atomic E-state index is -2.93. The predicted molar refractivity (Wildman–Crippen MR) is 69.4 cm³/mol. The van der Waals surface area contributed by atoms with Crippen molar-refractivity contribution in [3.63, 3.8) is 0 Å². The molecule has 5 heteroatoms. The van der Waals surface area contributed by atoms with E-state index in [1.807, 2.05) is 11.8 Å². The number of sulfone groups is 1. The van der Waals surface area contributed by atoms with Crippen LogP contribution in [0, 0.1) is 5.41 Å². The fraction of sp³-hybridized carbons (Fsp3) is 0.818. The Kier molecular flexibility index (Phi) is 3.39. The van der Waals surface area contributed by atoms with Gasteiger partial charge in [-0.3, -0.25) is 0 Å². The molecular formula is C11H19NO2S2. The van der Waals surface area contributed by atoms with Crippen molar-refractivity contribution in [3.8, 4) is 0 Å². The van der Waals surface area contributed by atoms with Crippen molar-refractivity contribution in [1.82, 2.24) is 5.32 Å². The quantitative estimate of drug-likeness (QED) is 0.816. The Bertz CT molecular complexity index is 387. The molecule has 0 spiro atoms. The topological polar surface area (TPSA) is 46.2 Å². The average molecular weight is 261 g/mol. The van der Waals surface area contributed by atoms with Crippen LogP contribution in [0.15, 0.2) is 11.5 Å². The fourth-order valence-electron chi connectivity index (χ4n) is 2.15. The lowest BCUT2D eigenvalue weighted by Crippen LogP contribution is -2.50. The Morgan fingerprint density at radius 3 is 2.75 bits per heavy atom. The van der Waals surface area contributed by atoms with E-state index < -0.39 is 9.84 Å². The largest absolute Gasteiger partial charge is 0.305 e. The highest BCUT2D eigenvalue weighted by molar-refractivity contribution is 7.99. The van der Waals surface area contributed by atoms with Gasteiger partial charge in [-0.2, -0.15) is 11.8 Å². The number of thioether (sulfide) groups is 1. The molecule has 0 bridgehead atoms. The van der Waals surface area contributed by atoms with Crippen LogP contribution in [-0.2, 0) is 9.84 Å². The van der Waals surface area contributed by atoms with Gasteiger partial charge in [0.05, 0.1) is 5.75 Å². The van der Waals surface area contributed by atoms with Gasteiger partial charge in [-0.15, -0.1) is 0 Å². The zero-order valence-electron chi connectivity index (χ0n) is 9.77. The van der Waals surface area contributed by atoms with Gasteiger partial charge >= 0.3 is 0 Å². The average Bonchev–Trinajstić information content (AvgIpc) is 2.49. The van der Waals surface area contributed by atoms with E-state index in [0.29, 0.717) is 6.04 Å². The third-order valence-electron chi connectivity index (χ3n) is 3.46. The molecule has 0 saturated carbocycles. The van der Waals surface area contributed by atoms with E-state index in [0.717, 1.165) is 5.75 Å². The van der Waals surface area contributed by atoms with Crippen molar-refractivity contribution >= 4 is 21.6 Å². The van der Waals surface area contributed by atoms with Crippen LogP contribution < -0.4 is 5.32 Å². The summed E-state index contributed by atoms with van der Waals surface area (Å²) in [5.74, 6) is 2.52. The summed E-state index contributed by atoms with van der Waals surface area (Å²) >= 11 is 1.95. The van der Waals surface area contributed by atoms with Gasteiger partial charge in [0.15, 0.2) is 9.84 Å². The molecule has 16 heavy (non-hydrogen) atoms. The summed E-state index contributed by atoms with van der Waals surface area (Å²) in [5.41, 5.74) is 0.269. The van der Waals surface area contributed by atoms with Crippen molar-refractivity contribution in [2.45, 2.75) is 32.4 Å². The normalized spacial score (nSPS) is 36.4. The van der Waals surface area contributed by atoms with Crippen LogP contribution in [0.2, 0.25) is 0 Å². The monoisotopic (exact) mass is 261 g/mol. The number of rotatable bonds is 2. The van der Waals surface area contributed by atoms with Gasteiger partial charge in [-0.1, -0.05) is 19.9 Å². The summed E-state index contributed by atoms with van der Waals surface area (Å²) in [5, 5.41) is 4.82. The molecule has 0 aromatic carbocycles. The molecule has 0 aliphatic carbocycles. The Hall–Kier alpha value is -0.0000000000000000555. The number of hydrogen-bond donors (Lipinski definition) is 1. The lowest BCUT2D eigenvalue weighted by molar-refractivity contribution is 0.240. The van der Waals surface area contributed by atoms with Crippen LogP contribution in [0.3, 0.4) is 0 Å². The Labute approximate surface area is 102 Å². The molecule has 2 heterocycles. The van der Waals surface area contributed by atoms with E-state index in [-0.39, 0.29) is 17.2 Å². The van der Waals surface area contributed by atoms with Crippen molar-refractivity contribution in [3.05, 3.63) is 11.5 Å². The van der Waals surface area contributed by atoms with E-state index >= 15 is 0 Å². The molecule has 0 aromatic heterocycles. The third-order valence-corrected chi connectivity index (χ3v) is 5.92. The molecule has 2 atom stereocenters. The van der Waals surface area contributed by atoms with Gasteiger partial charge in [0.2, 0.25) is 0 Å². The Morgan fingerprint density at radius 1 is 1.44 bits per heavy atom. The maximum absolute atomic E-state index is 11.3. The molecule has 0 radical (unpaired) electrons. The molecule has 92 valence electrons. The summed E-state index contributed by atoms with van der Waals surface area (Å²) in [6.45, 7) is 4.52. The number of hydrogen-bond acceptors (Lipinski definition) is 4. The van der Waals surface area contributed by atoms with Crippen molar-refractivity contribution < 1.29 is 8.42 Å². The second-order valence-corrected chi connectivity index (χ2v) is 8.38. The molecule has 0 aromatic rings. The van der Waals surface area contributed by atoms with Crippen molar-refractivity contribution in [2.24, 2.45) is 5.41 Å². The predicted octanol–water partition coefficient (Wildman–Crippen LogP) is 1.42. The SMILES string of the molecule is CC1(C)CCSCC1NC1C=CS(=O)(=O)C1. The first-order valence-corrected chi connectivity index (χ1v) is 8.51. The molecule has 1 N–H and O–H groups in total. The minimum absolute atomic E-state index is 0.00738. The van der Waals surface area contributed by atoms with Crippen LogP contribution in [0.4, 0.5) is 0 Å². The minimum Gasteiger partial charge on any atom is -0.305 e. The second kappa shape index (κ2) is 4.35. The molecule has 2 unspecified atom stereocenters. The summed E-state index contributed by atoms with van der Waals surface area (Å²) in [6.07, 6.45) is 2.98. The smallest absolute Gasteiger partial charge is 0.173 e. The lowest BCUT2D eigenvalue weighted by atomic mass is 9.82. The molecule has 2 aliphatic rings.